The Morgan fingerprint density at radius 2 is 2.15 bits per heavy atom. The number of rotatable bonds is 7. The van der Waals surface area contributed by atoms with Crippen molar-refractivity contribution in [2.45, 2.75) is 25.9 Å². The minimum Gasteiger partial charge on any atom is -0.481 e. The van der Waals surface area contributed by atoms with E-state index in [-0.39, 0.29) is 30.2 Å². The largest absolute Gasteiger partial charge is 0.481 e. The summed E-state index contributed by atoms with van der Waals surface area (Å²) in [4.78, 5) is 27.5. The summed E-state index contributed by atoms with van der Waals surface area (Å²) in [5.74, 6) is -0.297. The topological polar surface area (TPSA) is 106 Å². The van der Waals surface area contributed by atoms with E-state index in [1.54, 1.807) is 6.92 Å². The second-order valence-corrected chi connectivity index (χ2v) is 6.63. The zero-order valence-corrected chi connectivity index (χ0v) is 16.1. The van der Waals surface area contributed by atoms with E-state index in [9.17, 15) is 24.4 Å². The van der Waals surface area contributed by atoms with Gasteiger partial charge in [-0.1, -0.05) is 15.9 Å². The van der Waals surface area contributed by atoms with Crippen molar-refractivity contribution in [2.24, 2.45) is 0 Å². The minimum absolute atomic E-state index is 0.00719. The molecule has 2 aromatic rings. The molecular formula is C17H17BrFN3O5. The van der Waals surface area contributed by atoms with E-state index in [1.807, 2.05) is 0 Å². The summed E-state index contributed by atoms with van der Waals surface area (Å²) in [6, 6.07) is 5.96. The number of pyridine rings is 1. The van der Waals surface area contributed by atoms with Gasteiger partial charge in [0.15, 0.2) is 0 Å². The molecular weight excluding hydrogens is 425 g/mol. The highest BCUT2D eigenvalue weighted by molar-refractivity contribution is 9.10. The third kappa shape index (κ3) is 5.13. The fourth-order valence-electron chi connectivity index (χ4n) is 2.55. The van der Waals surface area contributed by atoms with Crippen molar-refractivity contribution in [1.29, 1.82) is 0 Å². The lowest BCUT2D eigenvalue weighted by atomic mass is 10.1. The predicted molar refractivity (Wildman–Crippen MR) is 98.3 cm³/mol. The summed E-state index contributed by atoms with van der Waals surface area (Å²) < 4.78 is 19.0. The Labute approximate surface area is 162 Å². The third-order valence-electron chi connectivity index (χ3n) is 3.95. The van der Waals surface area contributed by atoms with Crippen molar-refractivity contribution in [3.8, 4) is 5.88 Å². The van der Waals surface area contributed by atoms with Crippen LogP contribution in [0.25, 0.3) is 0 Å². The van der Waals surface area contributed by atoms with E-state index >= 15 is 0 Å². The normalized spacial score (nSPS) is 11.7. The number of ether oxygens (including phenoxy) is 1. The van der Waals surface area contributed by atoms with Crippen LogP contribution >= 0.6 is 15.9 Å². The van der Waals surface area contributed by atoms with Gasteiger partial charge in [0.2, 0.25) is 5.88 Å². The predicted octanol–water partition coefficient (Wildman–Crippen LogP) is 4.01. The number of aromatic nitrogens is 1. The molecule has 1 amide bonds. The smallest absolute Gasteiger partial charge is 0.407 e. The molecule has 0 aliphatic rings. The van der Waals surface area contributed by atoms with E-state index in [0.29, 0.717) is 10.0 Å². The molecule has 1 heterocycles. The molecule has 0 radical (unpaired) electrons. The van der Waals surface area contributed by atoms with Crippen LogP contribution < -0.4 is 4.74 Å². The molecule has 2 rings (SSSR count). The van der Waals surface area contributed by atoms with Crippen molar-refractivity contribution < 1.29 is 24.0 Å². The van der Waals surface area contributed by atoms with Crippen LogP contribution in [0.5, 0.6) is 5.88 Å². The first-order chi connectivity index (χ1) is 12.7. The Hall–Kier alpha value is -2.75. The number of carbonyl (C=O) groups is 1. The highest BCUT2D eigenvalue weighted by Crippen LogP contribution is 2.25. The molecule has 0 saturated heterocycles. The van der Waals surface area contributed by atoms with E-state index < -0.39 is 22.9 Å². The number of carboxylic acid groups (broad SMARTS) is 1. The Morgan fingerprint density at radius 3 is 2.74 bits per heavy atom. The monoisotopic (exact) mass is 441 g/mol. The Morgan fingerprint density at radius 1 is 1.44 bits per heavy atom. The molecule has 0 fully saturated rings. The maximum atomic E-state index is 13.5. The molecule has 1 N–H and O–H groups in total. The lowest BCUT2D eigenvalue weighted by Crippen LogP contribution is -2.38. The van der Waals surface area contributed by atoms with Crippen molar-refractivity contribution in [2.75, 3.05) is 7.11 Å². The Bertz CT molecular complexity index is 864. The van der Waals surface area contributed by atoms with Crippen LogP contribution in [0.15, 0.2) is 34.8 Å². The van der Waals surface area contributed by atoms with Gasteiger partial charge >= 0.3 is 6.09 Å². The molecule has 8 nitrogen and oxygen atoms in total. The van der Waals surface area contributed by atoms with Gasteiger partial charge in [0.05, 0.1) is 18.6 Å². The summed E-state index contributed by atoms with van der Waals surface area (Å²) >= 11 is 3.27. The summed E-state index contributed by atoms with van der Waals surface area (Å²) in [5, 5.41) is 20.8. The number of nitrogens with zero attached hydrogens (tertiary/aromatic N) is 3. The van der Waals surface area contributed by atoms with Crippen LogP contribution in [0.1, 0.15) is 18.2 Å². The molecule has 0 bridgehead atoms. The van der Waals surface area contributed by atoms with Gasteiger partial charge in [-0.2, -0.15) is 0 Å². The average molecular weight is 442 g/mol. The SMILES string of the molecule is COc1ccc([N+](=O)[O-])c(CC(C)N(Cc2cc(F)ccc2Br)C(=O)O)n1. The van der Waals surface area contributed by atoms with Crippen molar-refractivity contribution in [1.82, 2.24) is 9.88 Å². The molecule has 0 spiro atoms. The quantitative estimate of drug-likeness (QED) is 0.513. The number of methoxy groups -OCH3 is 1. The maximum absolute atomic E-state index is 13.5. The summed E-state index contributed by atoms with van der Waals surface area (Å²) in [6.45, 7) is 1.51. The van der Waals surface area contributed by atoms with Gasteiger partial charge in [-0.3, -0.25) is 10.1 Å². The molecule has 0 aliphatic carbocycles. The molecule has 0 aliphatic heterocycles. The minimum atomic E-state index is -1.23. The standard InChI is InChI=1S/C17H17BrFN3O5/c1-10(7-14-15(22(25)26)5-6-16(20-14)27-2)21(17(23)24)9-11-8-12(19)3-4-13(11)18/h3-6,8,10H,7,9H2,1-2H3,(H,23,24). The lowest BCUT2D eigenvalue weighted by Gasteiger charge is -2.26. The number of nitro groups is 1. The zero-order valence-electron chi connectivity index (χ0n) is 14.6. The first kappa shape index (κ1) is 20.6. The van der Waals surface area contributed by atoms with E-state index in [1.165, 1.54) is 37.4 Å². The summed E-state index contributed by atoms with van der Waals surface area (Å²) in [6.07, 6.45) is -1.24. The van der Waals surface area contributed by atoms with Crippen LogP contribution in [-0.4, -0.2) is 39.2 Å². The fraction of sp³-hybridized carbons (Fsp3) is 0.294. The molecule has 1 atom stereocenters. The zero-order chi connectivity index (χ0) is 20.1. The second kappa shape index (κ2) is 8.76. The van der Waals surface area contributed by atoms with Crippen LogP contribution in [0, 0.1) is 15.9 Å². The van der Waals surface area contributed by atoms with Crippen LogP contribution in [0.3, 0.4) is 0 Å². The number of hydrogen-bond donors (Lipinski definition) is 1. The van der Waals surface area contributed by atoms with Crippen LogP contribution in [-0.2, 0) is 13.0 Å². The number of halogens is 2. The van der Waals surface area contributed by atoms with Gasteiger partial charge in [-0.05, 0) is 30.7 Å². The van der Waals surface area contributed by atoms with Crippen molar-refractivity contribution >= 4 is 27.7 Å². The molecule has 1 aromatic carbocycles. The summed E-state index contributed by atoms with van der Waals surface area (Å²) in [7, 11) is 1.38. The number of hydrogen-bond acceptors (Lipinski definition) is 5. The first-order valence-electron chi connectivity index (χ1n) is 7.84. The maximum Gasteiger partial charge on any atom is 0.407 e. The van der Waals surface area contributed by atoms with E-state index in [2.05, 4.69) is 20.9 Å². The highest BCUT2D eigenvalue weighted by Gasteiger charge is 2.25. The second-order valence-electron chi connectivity index (χ2n) is 5.78. The third-order valence-corrected chi connectivity index (χ3v) is 4.72. The molecule has 27 heavy (non-hydrogen) atoms. The fourth-order valence-corrected chi connectivity index (χ4v) is 2.93. The van der Waals surface area contributed by atoms with Crippen LogP contribution in [0.2, 0.25) is 0 Å². The first-order valence-corrected chi connectivity index (χ1v) is 8.64. The van der Waals surface area contributed by atoms with Crippen LogP contribution in [0.4, 0.5) is 14.9 Å². The molecule has 1 aromatic heterocycles. The Kier molecular flexibility index (Phi) is 6.67. The number of benzene rings is 1. The molecule has 144 valence electrons. The Balaban J connectivity index is 2.30. The van der Waals surface area contributed by atoms with Gasteiger partial charge in [-0.25, -0.2) is 14.2 Å². The van der Waals surface area contributed by atoms with Crippen molar-refractivity contribution in [3.05, 3.63) is 62.0 Å². The van der Waals surface area contributed by atoms with Gasteiger partial charge in [0, 0.05) is 29.1 Å². The van der Waals surface area contributed by atoms with Gasteiger partial charge in [0.1, 0.15) is 11.5 Å². The molecule has 1 unspecified atom stereocenters. The number of amides is 1. The highest BCUT2D eigenvalue weighted by atomic mass is 79.9. The average Bonchev–Trinajstić information content (AvgIpc) is 2.61. The molecule has 10 heteroatoms. The van der Waals surface area contributed by atoms with E-state index in [0.717, 1.165) is 4.90 Å². The van der Waals surface area contributed by atoms with Gasteiger partial charge < -0.3 is 14.7 Å². The summed E-state index contributed by atoms with van der Waals surface area (Å²) in [5.41, 5.74) is 0.327. The van der Waals surface area contributed by atoms with Gasteiger partial charge in [0.25, 0.3) is 5.69 Å². The van der Waals surface area contributed by atoms with Crippen molar-refractivity contribution in [3.63, 3.8) is 0 Å². The lowest BCUT2D eigenvalue weighted by molar-refractivity contribution is -0.386. The van der Waals surface area contributed by atoms with E-state index in [4.69, 9.17) is 4.74 Å². The molecule has 0 saturated carbocycles. The van der Waals surface area contributed by atoms with Gasteiger partial charge in [-0.15, -0.1) is 0 Å².